The third kappa shape index (κ3) is 6.44. The Morgan fingerprint density at radius 3 is 2.42 bits per heavy atom. The van der Waals surface area contributed by atoms with E-state index in [1.807, 2.05) is 0 Å². The number of furan rings is 1. The lowest BCUT2D eigenvalue weighted by molar-refractivity contribution is -0.142. The Bertz CT molecular complexity index is 1060. The summed E-state index contributed by atoms with van der Waals surface area (Å²) in [4.78, 5) is 48.1. The average molecular weight is 468 g/mol. The molecule has 0 aliphatic rings. The second-order valence-electron chi connectivity index (χ2n) is 6.18. The second kappa shape index (κ2) is 10.8. The number of ketones is 1. The summed E-state index contributed by atoms with van der Waals surface area (Å²) in [6.07, 6.45) is 2.55. The number of aryl methyl sites for hydroxylation is 1. The predicted molar refractivity (Wildman–Crippen MR) is 114 cm³/mol. The molecule has 0 bridgehead atoms. The molecule has 8 nitrogen and oxygen atoms in total. The zero-order valence-electron chi connectivity index (χ0n) is 16.9. The Kier molecular flexibility index (Phi) is 8.41. The summed E-state index contributed by atoms with van der Waals surface area (Å²) >= 11 is 11.7. The van der Waals surface area contributed by atoms with E-state index in [2.05, 4.69) is 5.32 Å². The van der Waals surface area contributed by atoms with Crippen LogP contribution in [0.25, 0.3) is 6.08 Å². The van der Waals surface area contributed by atoms with Gasteiger partial charge in [0.2, 0.25) is 5.88 Å². The second-order valence-corrected chi connectivity index (χ2v) is 6.99. The van der Waals surface area contributed by atoms with Gasteiger partial charge in [0.05, 0.1) is 22.2 Å². The van der Waals surface area contributed by atoms with Crippen LogP contribution in [0.4, 0.5) is 5.88 Å². The number of esters is 2. The molecule has 1 aromatic carbocycles. The monoisotopic (exact) mass is 467 g/mol. The van der Waals surface area contributed by atoms with Crippen molar-refractivity contribution in [2.24, 2.45) is 0 Å². The first-order valence-corrected chi connectivity index (χ1v) is 9.80. The zero-order chi connectivity index (χ0) is 23.1. The molecule has 0 saturated carbocycles. The fourth-order valence-corrected chi connectivity index (χ4v) is 2.89. The Hall–Kier alpha value is -3.10. The number of halogens is 2. The molecule has 1 N–H and O–H groups in total. The molecule has 0 atom stereocenters. The lowest BCUT2D eigenvalue weighted by Crippen LogP contribution is -2.21. The van der Waals surface area contributed by atoms with Crippen LogP contribution in [0.2, 0.25) is 10.0 Å². The Labute approximate surface area is 188 Å². The highest BCUT2D eigenvalue weighted by molar-refractivity contribution is 6.42. The Morgan fingerprint density at radius 2 is 1.81 bits per heavy atom. The van der Waals surface area contributed by atoms with Crippen molar-refractivity contribution in [2.75, 3.05) is 18.5 Å². The maximum atomic E-state index is 12.2. The van der Waals surface area contributed by atoms with Crippen LogP contribution in [0.15, 0.2) is 28.7 Å². The summed E-state index contributed by atoms with van der Waals surface area (Å²) in [5.74, 6) is -2.91. The Balaban J connectivity index is 2.04. The summed E-state index contributed by atoms with van der Waals surface area (Å²) in [5.41, 5.74) is 0.430. The van der Waals surface area contributed by atoms with Crippen molar-refractivity contribution in [1.29, 1.82) is 0 Å². The molecule has 0 aliphatic heterocycles. The molecule has 1 heterocycles. The minimum atomic E-state index is -0.818. The number of hydrogen-bond acceptors (Lipinski definition) is 7. The summed E-state index contributed by atoms with van der Waals surface area (Å²) in [5, 5.41) is 3.02. The van der Waals surface area contributed by atoms with E-state index >= 15 is 0 Å². The molecule has 1 aromatic heterocycles. The highest BCUT2D eigenvalue weighted by atomic mass is 35.5. The highest BCUT2D eigenvalue weighted by Gasteiger charge is 2.28. The molecule has 0 fully saturated rings. The van der Waals surface area contributed by atoms with Crippen molar-refractivity contribution in [1.82, 2.24) is 0 Å². The van der Waals surface area contributed by atoms with Gasteiger partial charge in [-0.15, -0.1) is 0 Å². The van der Waals surface area contributed by atoms with Gasteiger partial charge in [-0.2, -0.15) is 0 Å². The van der Waals surface area contributed by atoms with Gasteiger partial charge in [0.15, 0.2) is 12.4 Å². The molecule has 10 heteroatoms. The first-order valence-electron chi connectivity index (χ1n) is 9.05. The van der Waals surface area contributed by atoms with Crippen LogP contribution < -0.4 is 5.32 Å². The van der Waals surface area contributed by atoms with Gasteiger partial charge in [0, 0.05) is 6.08 Å². The molecule has 0 radical (unpaired) electrons. The number of ether oxygens (including phenoxy) is 2. The lowest BCUT2D eigenvalue weighted by atomic mass is 10.1. The average Bonchev–Trinajstić information content (AvgIpc) is 3.03. The van der Waals surface area contributed by atoms with Crippen LogP contribution in [0, 0.1) is 6.92 Å². The third-order valence-electron chi connectivity index (χ3n) is 3.87. The number of benzene rings is 1. The standard InChI is InChI=1S/C21H19Cl2NO7/c1-4-29-21(28)19-18(11(2)25)12(3)31-20(19)24-16(26)10-30-17(27)8-6-13-5-7-14(22)15(23)9-13/h5-9H,4,10H2,1-3H3,(H,24,26). The number of carbonyl (C=O) groups is 4. The van der Waals surface area contributed by atoms with Gasteiger partial charge in [-0.05, 0) is 44.5 Å². The molecular formula is C21H19Cl2NO7. The van der Waals surface area contributed by atoms with Crippen LogP contribution in [0.1, 0.15) is 45.9 Å². The quantitative estimate of drug-likeness (QED) is 0.346. The first kappa shape index (κ1) is 24.2. The van der Waals surface area contributed by atoms with Crippen LogP contribution in [0.5, 0.6) is 0 Å². The number of Topliss-reactive ketones (excluding diaryl/α,β-unsaturated/α-hetero) is 1. The molecule has 2 aromatic rings. The number of nitrogens with one attached hydrogen (secondary N) is 1. The number of hydrogen-bond donors (Lipinski definition) is 1. The van der Waals surface area contributed by atoms with Crippen molar-refractivity contribution < 1.29 is 33.1 Å². The van der Waals surface area contributed by atoms with E-state index < -0.39 is 30.2 Å². The molecule has 2 rings (SSSR count). The first-order chi connectivity index (χ1) is 14.6. The van der Waals surface area contributed by atoms with E-state index in [0.717, 1.165) is 6.08 Å². The van der Waals surface area contributed by atoms with Gasteiger partial charge in [-0.25, -0.2) is 9.59 Å². The van der Waals surface area contributed by atoms with E-state index in [1.165, 1.54) is 19.9 Å². The van der Waals surface area contributed by atoms with Crippen molar-refractivity contribution in [2.45, 2.75) is 20.8 Å². The van der Waals surface area contributed by atoms with Crippen LogP contribution >= 0.6 is 23.2 Å². The third-order valence-corrected chi connectivity index (χ3v) is 4.61. The topological polar surface area (TPSA) is 112 Å². The maximum Gasteiger partial charge on any atom is 0.344 e. The van der Waals surface area contributed by atoms with Gasteiger partial charge in [-0.1, -0.05) is 29.3 Å². The molecule has 0 saturated heterocycles. The van der Waals surface area contributed by atoms with Crippen LogP contribution in [-0.4, -0.2) is 36.8 Å². The van der Waals surface area contributed by atoms with E-state index in [4.69, 9.17) is 37.1 Å². The smallest absolute Gasteiger partial charge is 0.344 e. The minimum absolute atomic E-state index is 0.00954. The van der Waals surface area contributed by atoms with Crippen molar-refractivity contribution in [3.8, 4) is 0 Å². The minimum Gasteiger partial charge on any atom is -0.462 e. The van der Waals surface area contributed by atoms with Gasteiger partial charge in [-0.3, -0.25) is 14.9 Å². The van der Waals surface area contributed by atoms with Gasteiger partial charge in [0.25, 0.3) is 5.91 Å². The fraction of sp³-hybridized carbons (Fsp3) is 0.238. The van der Waals surface area contributed by atoms with E-state index in [-0.39, 0.29) is 29.4 Å². The molecule has 0 aliphatic carbocycles. The maximum absolute atomic E-state index is 12.2. The summed E-state index contributed by atoms with van der Waals surface area (Å²) in [7, 11) is 0. The number of amides is 1. The van der Waals surface area contributed by atoms with Crippen LogP contribution in [-0.2, 0) is 19.1 Å². The normalized spacial score (nSPS) is 10.7. The van der Waals surface area contributed by atoms with Crippen molar-refractivity contribution in [3.63, 3.8) is 0 Å². The molecule has 164 valence electrons. The zero-order valence-corrected chi connectivity index (χ0v) is 18.4. The molecule has 0 unspecified atom stereocenters. The highest BCUT2D eigenvalue weighted by Crippen LogP contribution is 2.28. The SMILES string of the molecule is CCOC(=O)c1c(NC(=O)COC(=O)C=Cc2ccc(Cl)c(Cl)c2)oc(C)c1C(C)=O. The number of carbonyl (C=O) groups excluding carboxylic acids is 4. The van der Waals surface area contributed by atoms with E-state index in [9.17, 15) is 19.2 Å². The summed E-state index contributed by atoms with van der Waals surface area (Å²) in [6.45, 7) is 3.75. The van der Waals surface area contributed by atoms with Crippen molar-refractivity contribution in [3.05, 3.63) is 56.8 Å². The number of rotatable bonds is 8. The number of anilines is 1. The molecular weight excluding hydrogens is 449 g/mol. The Morgan fingerprint density at radius 1 is 1.10 bits per heavy atom. The molecule has 31 heavy (non-hydrogen) atoms. The van der Waals surface area contributed by atoms with Gasteiger partial charge in [0.1, 0.15) is 11.3 Å². The largest absolute Gasteiger partial charge is 0.462 e. The van der Waals surface area contributed by atoms with Gasteiger partial charge >= 0.3 is 11.9 Å². The van der Waals surface area contributed by atoms with E-state index in [0.29, 0.717) is 15.6 Å². The lowest BCUT2D eigenvalue weighted by Gasteiger charge is -2.06. The summed E-state index contributed by atoms with van der Waals surface area (Å²) < 4.78 is 15.1. The van der Waals surface area contributed by atoms with Crippen LogP contribution in [0.3, 0.4) is 0 Å². The van der Waals surface area contributed by atoms with E-state index in [1.54, 1.807) is 25.1 Å². The molecule has 0 spiro atoms. The summed E-state index contributed by atoms with van der Waals surface area (Å²) in [6, 6.07) is 4.78. The predicted octanol–water partition coefficient (Wildman–Crippen LogP) is 4.47. The van der Waals surface area contributed by atoms with Crippen molar-refractivity contribution >= 4 is 58.8 Å². The van der Waals surface area contributed by atoms with Gasteiger partial charge < -0.3 is 13.9 Å². The fourth-order valence-electron chi connectivity index (χ4n) is 2.58. The molecule has 1 amide bonds.